The van der Waals surface area contributed by atoms with Gasteiger partial charge in [-0.15, -0.1) is 5.11 Å². The average molecular weight is 355 g/mol. The lowest BCUT2D eigenvalue weighted by Crippen LogP contribution is -2.35. The molecule has 0 saturated carbocycles. The van der Waals surface area contributed by atoms with Crippen molar-refractivity contribution in [3.8, 4) is 5.75 Å². The molecular formula is C19H21N3O4. The average Bonchev–Trinajstić information content (AvgIpc) is 2.65. The molecule has 0 aliphatic rings. The van der Waals surface area contributed by atoms with E-state index in [1.165, 1.54) is 12.1 Å². The smallest absolute Gasteiger partial charge is 0.340 e. The van der Waals surface area contributed by atoms with Gasteiger partial charge in [0.15, 0.2) is 6.61 Å². The van der Waals surface area contributed by atoms with Crippen molar-refractivity contribution in [1.82, 2.24) is 5.32 Å². The summed E-state index contributed by atoms with van der Waals surface area (Å²) in [7, 11) is 0. The van der Waals surface area contributed by atoms with Crippen molar-refractivity contribution in [3.05, 3.63) is 54.1 Å². The number of azo groups is 1. The van der Waals surface area contributed by atoms with Gasteiger partial charge in [0.05, 0.1) is 11.3 Å². The number of esters is 1. The van der Waals surface area contributed by atoms with E-state index < -0.39 is 5.97 Å². The number of amides is 1. The number of aromatic hydroxyl groups is 1. The summed E-state index contributed by atoms with van der Waals surface area (Å²) >= 11 is 0. The number of nitrogens with zero attached hydrogens (tertiary/aromatic N) is 2. The van der Waals surface area contributed by atoms with Crippen LogP contribution in [0.2, 0.25) is 0 Å². The molecule has 0 unspecified atom stereocenters. The van der Waals surface area contributed by atoms with Crippen molar-refractivity contribution < 1.29 is 19.4 Å². The monoisotopic (exact) mass is 355 g/mol. The van der Waals surface area contributed by atoms with Gasteiger partial charge in [-0.1, -0.05) is 19.1 Å². The third-order valence-corrected chi connectivity index (χ3v) is 3.60. The molecular weight excluding hydrogens is 334 g/mol. The molecule has 0 fully saturated rings. The minimum atomic E-state index is -0.649. The molecule has 0 heterocycles. The van der Waals surface area contributed by atoms with E-state index in [9.17, 15) is 14.7 Å². The van der Waals surface area contributed by atoms with E-state index >= 15 is 0 Å². The fraction of sp³-hybridized carbons (Fsp3) is 0.263. The molecule has 2 aromatic rings. The summed E-state index contributed by atoms with van der Waals surface area (Å²) in [6.07, 6.45) is 0.792. The summed E-state index contributed by atoms with van der Waals surface area (Å²) < 4.78 is 5.06. The van der Waals surface area contributed by atoms with Gasteiger partial charge in [0.1, 0.15) is 11.4 Å². The summed E-state index contributed by atoms with van der Waals surface area (Å²) in [5.74, 6) is -0.871. The van der Waals surface area contributed by atoms with Gasteiger partial charge in [0.2, 0.25) is 0 Å². The highest BCUT2D eigenvalue weighted by Gasteiger charge is 2.15. The van der Waals surface area contributed by atoms with Crippen molar-refractivity contribution in [3.63, 3.8) is 0 Å². The maximum atomic E-state index is 12.2. The van der Waals surface area contributed by atoms with Crippen LogP contribution >= 0.6 is 0 Å². The SMILES string of the molecule is CC[C@H](C)NC(=O)COC(=O)c1ccccc1N=Nc1ccc(O)cc1. The predicted octanol–water partition coefficient (Wildman–Crippen LogP) is 3.88. The number of benzene rings is 2. The molecule has 1 atom stereocenters. The summed E-state index contributed by atoms with van der Waals surface area (Å²) in [6.45, 7) is 3.47. The number of carbonyl (C=O) groups is 2. The second-order valence-corrected chi connectivity index (χ2v) is 5.69. The van der Waals surface area contributed by atoms with Crippen molar-refractivity contribution >= 4 is 23.3 Å². The highest BCUT2D eigenvalue weighted by Crippen LogP contribution is 2.24. The Kier molecular flexibility index (Phi) is 6.84. The standard InChI is InChI=1S/C19H21N3O4/c1-3-13(2)20-18(24)12-26-19(25)16-6-4-5-7-17(16)22-21-14-8-10-15(23)11-9-14/h4-11,13,23H,3,12H2,1-2H3,(H,20,24)/t13-/m0/s1. The molecule has 2 aromatic carbocycles. The molecule has 1 amide bonds. The van der Waals surface area contributed by atoms with Crippen LogP contribution < -0.4 is 5.32 Å². The van der Waals surface area contributed by atoms with Gasteiger partial charge in [0.25, 0.3) is 5.91 Å². The second kappa shape index (κ2) is 9.31. The van der Waals surface area contributed by atoms with Crippen LogP contribution in [0, 0.1) is 0 Å². The van der Waals surface area contributed by atoms with E-state index in [1.54, 1.807) is 36.4 Å². The molecule has 2 rings (SSSR count). The number of hydrogen-bond acceptors (Lipinski definition) is 6. The molecule has 0 aliphatic carbocycles. The third kappa shape index (κ3) is 5.70. The molecule has 0 aromatic heterocycles. The summed E-state index contributed by atoms with van der Waals surface area (Å²) in [6, 6.07) is 12.8. The lowest BCUT2D eigenvalue weighted by molar-refractivity contribution is -0.124. The van der Waals surface area contributed by atoms with Crippen LogP contribution in [0.1, 0.15) is 30.6 Å². The van der Waals surface area contributed by atoms with Gasteiger partial charge in [-0.05, 0) is 49.7 Å². The molecule has 7 heteroatoms. The Morgan fingerprint density at radius 3 is 2.50 bits per heavy atom. The van der Waals surface area contributed by atoms with Crippen LogP contribution in [0.15, 0.2) is 58.8 Å². The van der Waals surface area contributed by atoms with E-state index in [4.69, 9.17) is 4.74 Å². The Balaban J connectivity index is 2.04. The molecule has 0 bridgehead atoms. The lowest BCUT2D eigenvalue weighted by Gasteiger charge is -2.11. The van der Waals surface area contributed by atoms with Crippen molar-refractivity contribution in [2.45, 2.75) is 26.3 Å². The molecule has 0 spiro atoms. The highest BCUT2D eigenvalue weighted by atomic mass is 16.5. The highest BCUT2D eigenvalue weighted by molar-refractivity contribution is 5.96. The van der Waals surface area contributed by atoms with Crippen molar-refractivity contribution in [1.29, 1.82) is 0 Å². The number of nitrogens with one attached hydrogen (secondary N) is 1. The number of phenolic OH excluding ortho intramolecular Hbond substituents is 1. The molecule has 26 heavy (non-hydrogen) atoms. The lowest BCUT2D eigenvalue weighted by atomic mass is 10.2. The first-order valence-corrected chi connectivity index (χ1v) is 8.26. The Bertz CT molecular complexity index is 788. The van der Waals surface area contributed by atoms with Gasteiger partial charge >= 0.3 is 5.97 Å². The van der Waals surface area contributed by atoms with Crippen LogP contribution in [0.4, 0.5) is 11.4 Å². The van der Waals surface area contributed by atoms with E-state index in [-0.39, 0.29) is 29.9 Å². The molecule has 0 radical (unpaired) electrons. The van der Waals surface area contributed by atoms with Crippen LogP contribution in [0.25, 0.3) is 0 Å². The normalized spacial score (nSPS) is 11.9. The number of ether oxygens (including phenoxy) is 1. The largest absolute Gasteiger partial charge is 0.508 e. The van der Waals surface area contributed by atoms with E-state index in [0.717, 1.165) is 6.42 Å². The second-order valence-electron chi connectivity index (χ2n) is 5.69. The maximum absolute atomic E-state index is 12.2. The number of phenols is 1. The van der Waals surface area contributed by atoms with Crippen molar-refractivity contribution in [2.75, 3.05) is 6.61 Å². The Morgan fingerprint density at radius 1 is 1.12 bits per heavy atom. The predicted molar refractivity (Wildman–Crippen MR) is 96.9 cm³/mol. The van der Waals surface area contributed by atoms with E-state index in [1.807, 2.05) is 13.8 Å². The van der Waals surface area contributed by atoms with Crippen LogP contribution in [0.5, 0.6) is 5.75 Å². The van der Waals surface area contributed by atoms with Crippen molar-refractivity contribution in [2.24, 2.45) is 10.2 Å². The fourth-order valence-corrected chi connectivity index (χ4v) is 1.99. The molecule has 0 saturated heterocycles. The third-order valence-electron chi connectivity index (χ3n) is 3.60. The maximum Gasteiger partial charge on any atom is 0.340 e. The zero-order valence-corrected chi connectivity index (χ0v) is 14.7. The van der Waals surface area contributed by atoms with Crippen LogP contribution in [0.3, 0.4) is 0 Å². The molecule has 7 nitrogen and oxygen atoms in total. The number of rotatable bonds is 7. The Hall–Kier alpha value is -3.22. The minimum Gasteiger partial charge on any atom is -0.508 e. The van der Waals surface area contributed by atoms with Crippen LogP contribution in [-0.4, -0.2) is 29.6 Å². The first kappa shape index (κ1) is 19.1. The number of hydrogen-bond donors (Lipinski definition) is 2. The minimum absolute atomic E-state index is 0.0209. The van der Waals surface area contributed by atoms with Gasteiger partial charge in [0, 0.05) is 6.04 Å². The molecule has 136 valence electrons. The zero-order chi connectivity index (χ0) is 18.9. The zero-order valence-electron chi connectivity index (χ0n) is 14.7. The summed E-state index contributed by atoms with van der Waals surface area (Å²) in [5.41, 5.74) is 1.07. The molecule has 2 N–H and O–H groups in total. The number of carbonyl (C=O) groups excluding carboxylic acids is 2. The van der Waals surface area contributed by atoms with Gasteiger partial charge in [-0.25, -0.2) is 4.79 Å². The summed E-state index contributed by atoms with van der Waals surface area (Å²) in [4.78, 5) is 24.0. The van der Waals surface area contributed by atoms with Gasteiger partial charge < -0.3 is 15.2 Å². The van der Waals surface area contributed by atoms with Gasteiger partial charge in [-0.2, -0.15) is 5.11 Å². The van der Waals surface area contributed by atoms with Gasteiger partial charge in [-0.3, -0.25) is 4.79 Å². The first-order chi connectivity index (χ1) is 12.5. The Morgan fingerprint density at radius 2 is 1.81 bits per heavy atom. The van der Waals surface area contributed by atoms with E-state index in [0.29, 0.717) is 11.4 Å². The Labute approximate surface area is 151 Å². The first-order valence-electron chi connectivity index (χ1n) is 8.26. The fourth-order valence-electron chi connectivity index (χ4n) is 1.99. The van der Waals surface area contributed by atoms with Crippen LogP contribution in [-0.2, 0) is 9.53 Å². The molecule has 0 aliphatic heterocycles. The topological polar surface area (TPSA) is 100 Å². The summed E-state index contributed by atoms with van der Waals surface area (Å²) in [5, 5.41) is 20.1. The van der Waals surface area contributed by atoms with E-state index in [2.05, 4.69) is 15.5 Å². The quantitative estimate of drug-likeness (QED) is 0.581.